The molecule has 37 heteroatoms. The summed E-state index contributed by atoms with van der Waals surface area (Å²) < 4.78 is 40.0. The summed E-state index contributed by atoms with van der Waals surface area (Å²) in [5.41, 5.74) is 8.93. The summed E-state index contributed by atoms with van der Waals surface area (Å²) in [7, 11) is 1.50. The third-order valence-electron chi connectivity index (χ3n) is 23.0. The number of phenolic OH excluding ortho intramolecular Hbond substituents is 3. The van der Waals surface area contributed by atoms with E-state index in [2.05, 4.69) is 65.0 Å². The maximum atomic E-state index is 16.4. The van der Waals surface area contributed by atoms with Gasteiger partial charge in [-0.15, -0.1) is 0 Å². The van der Waals surface area contributed by atoms with E-state index in [1.807, 2.05) is 13.8 Å². The van der Waals surface area contributed by atoms with Crippen LogP contribution in [0.5, 0.6) is 46.0 Å². The molecule has 666 valence electrons. The number of primary amides is 1. The molecule has 22 N–H and O–H groups in total. The maximum Gasteiger partial charge on any atom is 0.248 e. The first kappa shape index (κ1) is 93.4. The summed E-state index contributed by atoms with van der Waals surface area (Å²) in [5.74, 6) is -14.0. The van der Waals surface area contributed by atoms with Crippen molar-refractivity contribution < 1.29 is 108 Å². The molecule has 18 atom stereocenters. The normalized spacial score (nSPS) is 27.3. The Kier molecular flexibility index (Phi) is 32.5. The van der Waals surface area contributed by atoms with Crippen LogP contribution in [0.15, 0.2) is 78.9 Å². The van der Waals surface area contributed by atoms with E-state index in [0.29, 0.717) is 19.6 Å². The molecule has 8 amide bonds. The number of phenols is 3. The number of ether oxygens (including phenoxy) is 6. The van der Waals surface area contributed by atoms with Crippen LogP contribution in [0.4, 0.5) is 0 Å². The van der Waals surface area contributed by atoms with Gasteiger partial charge in [0.05, 0.1) is 34.7 Å². The second-order valence-electron chi connectivity index (χ2n) is 32.7. The molecule has 3 saturated heterocycles. The predicted octanol–water partition coefficient (Wildman–Crippen LogP) is 3.95. The van der Waals surface area contributed by atoms with Crippen LogP contribution in [0.1, 0.15) is 183 Å². The standard InChI is InChI=1S/C85H115Cl2N13O22/c1-7-8-9-10-11-12-13-15-24-91-25-26-93-85(5)40-63(117-43(4)76(85)109)121-75-73(108)72(107)61(41-88)120-84(75)122-74-59-35-47-36-60(74)119-58-23-20-46(34-52(58)87)71(106)69-83(116)97-67(79(112)92-27-30-100-28-16-14-17-29-100)50-37-48(101)38-56(103)64(50)49-32-44(18-21-55(49)102)65(80(113)99-69)96-81(114)66(47)95-78(111)54(39-62(89)104)94-82(115)68(98-77(110)53(90-6)31-42(2)3)70(105)45-19-22-57(118-59)51(86)33-45/h18-23,32-38,42-43,53-54,61,63,65-73,75-76,84,90-91,93,101-103,105-109H,7-17,24-31,39-41,88H2,1-6H3,(H2,89,104)(H,92,112)(H,94,115)(H,95,111)(H,96,114)(H,97,116)(H,98,110)(H,99,113)/t43-,53+,54-,61+,63-,65+,66+,67-,68+,69-,70+,71+,72+,73-,75+,76+,84-,85-/m0/s1. The Morgan fingerprint density at radius 2 is 1.30 bits per heavy atom. The number of hydrogen-bond acceptors (Lipinski definition) is 27. The van der Waals surface area contributed by atoms with Gasteiger partial charge in [-0.05, 0) is 155 Å². The van der Waals surface area contributed by atoms with Gasteiger partial charge < -0.3 is 139 Å². The number of nitrogens with zero attached hydrogens (tertiary/aromatic N) is 1. The number of rotatable bonds is 29. The fourth-order valence-corrected chi connectivity index (χ4v) is 16.7. The number of carbonyl (C=O) groups excluding carboxylic acids is 8. The monoisotopic (exact) mass is 1740 g/mol. The highest BCUT2D eigenvalue weighted by Crippen LogP contribution is 2.50. The van der Waals surface area contributed by atoms with E-state index in [9.17, 15) is 55.2 Å². The van der Waals surface area contributed by atoms with E-state index in [-0.39, 0.29) is 80.2 Å². The summed E-state index contributed by atoms with van der Waals surface area (Å²) in [6, 6.07) is 1.11. The van der Waals surface area contributed by atoms with Gasteiger partial charge in [0.25, 0.3) is 0 Å². The fraction of sp³-hybridized carbons (Fsp3) is 0.553. The lowest BCUT2D eigenvalue weighted by molar-refractivity contribution is -0.331. The van der Waals surface area contributed by atoms with Crippen LogP contribution in [0.3, 0.4) is 0 Å². The highest BCUT2D eigenvalue weighted by molar-refractivity contribution is 6.32. The van der Waals surface area contributed by atoms with Crippen LogP contribution in [0.25, 0.3) is 11.1 Å². The molecular weight excluding hydrogens is 1630 g/mol. The smallest absolute Gasteiger partial charge is 0.248 e. The highest BCUT2D eigenvalue weighted by atomic mass is 35.5. The van der Waals surface area contributed by atoms with Gasteiger partial charge in [0.2, 0.25) is 59.3 Å². The minimum absolute atomic E-state index is 0.0298. The average molecular weight is 1740 g/mol. The van der Waals surface area contributed by atoms with E-state index >= 15 is 24.0 Å². The van der Waals surface area contributed by atoms with Gasteiger partial charge in [-0.3, -0.25) is 38.4 Å². The Hall–Kier alpha value is -9.28. The van der Waals surface area contributed by atoms with Crippen LogP contribution in [0, 0.1) is 5.92 Å². The number of fused-ring (bicyclic) bond motifs is 15. The molecule has 8 aliphatic heterocycles. The predicted molar refractivity (Wildman–Crippen MR) is 446 cm³/mol. The van der Waals surface area contributed by atoms with Gasteiger partial charge in [0.15, 0.2) is 23.9 Å². The van der Waals surface area contributed by atoms with Crippen molar-refractivity contribution in [1.29, 1.82) is 0 Å². The number of halogens is 2. The molecule has 13 rings (SSSR count). The largest absolute Gasteiger partial charge is 0.508 e. The first-order valence-electron chi connectivity index (χ1n) is 41.8. The Morgan fingerprint density at radius 1 is 0.672 bits per heavy atom. The van der Waals surface area contributed by atoms with Crippen LogP contribution in [0.2, 0.25) is 10.0 Å². The second kappa shape index (κ2) is 42.4. The first-order valence-corrected chi connectivity index (χ1v) is 42.5. The van der Waals surface area contributed by atoms with Crippen LogP contribution >= 0.6 is 23.2 Å². The lowest BCUT2D eigenvalue weighted by Crippen LogP contribution is -2.66. The second-order valence-corrected chi connectivity index (χ2v) is 33.5. The van der Waals surface area contributed by atoms with E-state index in [0.717, 1.165) is 107 Å². The molecule has 35 nitrogen and oxygen atoms in total. The van der Waals surface area contributed by atoms with Gasteiger partial charge >= 0.3 is 0 Å². The lowest BCUT2D eigenvalue weighted by Gasteiger charge is -2.48. The number of aromatic hydroxyl groups is 3. The zero-order chi connectivity index (χ0) is 88.0. The summed E-state index contributed by atoms with van der Waals surface area (Å²) in [5, 5.41) is 124. The molecule has 5 aromatic rings. The van der Waals surface area contributed by atoms with Gasteiger partial charge in [0, 0.05) is 61.9 Å². The van der Waals surface area contributed by atoms with Crippen molar-refractivity contribution in [3.8, 4) is 57.1 Å². The van der Waals surface area contributed by atoms with Crippen molar-refractivity contribution in [1.82, 2.24) is 58.1 Å². The Bertz CT molecular complexity index is 4550. The number of carbonyl (C=O) groups is 8. The molecule has 122 heavy (non-hydrogen) atoms. The number of nitrogens with one attached hydrogen (secondary N) is 10. The summed E-state index contributed by atoms with van der Waals surface area (Å²) >= 11 is 14.5. The number of aliphatic hydroxyl groups is 5. The lowest BCUT2D eigenvalue weighted by atomic mass is 9.85. The molecule has 0 aliphatic carbocycles. The highest BCUT2D eigenvalue weighted by Gasteiger charge is 2.52. The van der Waals surface area contributed by atoms with Crippen molar-refractivity contribution in [3.05, 3.63) is 117 Å². The van der Waals surface area contributed by atoms with Crippen molar-refractivity contribution >= 4 is 70.5 Å². The zero-order valence-electron chi connectivity index (χ0n) is 69.1. The molecule has 8 heterocycles. The van der Waals surface area contributed by atoms with Crippen LogP contribution in [-0.2, 0) is 52.6 Å². The van der Waals surface area contributed by atoms with Crippen molar-refractivity contribution in [2.24, 2.45) is 17.4 Å². The molecule has 8 aliphatic rings. The summed E-state index contributed by atoms with van der Waals surface area (Å²) in [6.07, 6.45) is -5.24. The van der Waals surface area contributed by atoms with E-state index in [4.69, 9.17) is 63.1 Å². The number of nitrogens with two attached hydrogens (primary N) is 2. The number of aliphatic hydroxyl groups excluding tert-OH is 5. The van der Waals surface area contributed by atoms with Crippen molar-refractivity contribution in [2.45, 2.75) is 234 Å². The Labute approximate surface area is 717 Å². The molecule has 0 spiro atoms. The molecule has 5 aromatic carbocycles. The number of unbranched alkanes of at least 4 members (excludes halogenated alkanes) is 7. The zero-order valence-corrected chi connectivity index (χ0v) is 70.6. The number of piperidine rings is 1. The average Bonchev–Trinajstić information content (AvgIpc) is 0.767. The van der Waals surface area contributed by atoms with Crippen molar-refractivity contribution in [2.75, 3.05) is 59.4 Å². The van der Waals surface area contributed by atoms with E-state index in [1.54, 1.807) is 13.8 Å². The molecule has 0 saturated carbocycles. The third-order valence-corrected chi connectivity index (χ3v) is 23.6. The minimum atomic E-state index is -2.31. The number of hydrogen-bond donors (Lipinski definition) is 20. The van der Waals surface area contributed by atoms with E-state index < -0.39 is 210 Å². The maximum absolute atomic E-state index is 16.4. The summed E-state index contributed by atoms with van der Waals surface area (Å²) in [4.78, 5) is 123. The van der Waals surface area contributed by atoms with E-state index in [1.165, 1.54) is 69.5 Å². The molecule has 11 bridgehead atoms. The summed E-state index contributed by atoms with van der Waals surface area (Å²) in [6.45, 7) is 12.4. The fourth-order valence-electron chi connectivity index (χ4n) is 16.3. The minimum Gasteiger partial charge on any atom is -0.508 e. The van der Waals surface area contributed by atoms with Gasteiger partial charge in [-0.1, -0.05) is 114 Å². The Morgan fingerprint density at radius 3 is 1.94 bits per heavy atom. The third kappa shape index (κ3) is 22.8. The van der Waals surface area contributed by atoms with Crippen LogP contribution in [-0.4, -0.2) is 231 Å². The quantitative estimate of drug-likeness (QED) is 0.0301. The molecule has 0 aromatic heterocycles. The molecule has 0 unspecified atom stereocenters. The number of likely N-dealkylation sites (tertiary alicyclic amines) is 1. The molecular formula is C85H115Cl2N13O22. The Balaban J connectivity index is 1.07. The van der Waals surface area contributed by atoms with Crippen molar-refractivity contribution in [3.63, 3.8) is 0 Å². The SMILES string of the molecule is CCCCCCCCCCNCCN[C@@]1(C)C[C@H](O[C@H]2[C@H](Oc3c4cc5cc3Oc3ccc(cc3Cl)[C@@H](O)[C@@H](NC(=O)[C@@H](CC(C)C)NC)C(=O)N[C@@H](CC(N)=O)C(=O)N[C@H]5C(=O)N[C@H]3C(=O)N[C@H](C(=O)N[C@H](C(=O)NCCN5CCCCC5)c5cc(O)cc(O)c5-c5cc3ccc5O)[C@H](O)c3ccc(c(Cl)c3)O4)O[C@H](CN)[C@@H](O)[C@@H]2O)O[C@@H](C)[C@H]1O. The molecule has 0 radical (unpaired) electrons. The number of benzene rings is 5. The van der Waals surface area contributed by atoms with Gasteiger partial charge in [-0.25, -0.2) is 0 Å². The van der Waals surface area contributed by atoms with Crippen LogP contribution < -0.4 is 78.8 Å². The first-order chi connectivity index (χ1) is 58.3. The number of likely N-dealkylation sites (N-methyl/N-ethyl adjacent to an activating group) is 1. The van der Waals surface area contributed by atoms with Gasteiger partial charge in [0.1, 0.15) is 95.5 Å². The topological polar surface area (TPSA) is 529 Å². The molecule has 3 fully saturated rings. The number of amides is 8. The van der Waals surface area contributed by atoms with Gasteiger partial charge in [-0.2, -0.15) is 0 Å².